The van der Waals surface area contributed by atoms with Gasteiger partial charge in [0.15, 0.2) is 5.60 Å². The Balaban J connectivity index is 1.26. The smallest absolute Gasteiger partial charge is 0.408 e. The van der Waals surface area contributed by atoms with E-state index in [2.05, 4.69) is 17.6 Å². The number of piperidine rings is 1. The Hall–Kier alpha value is -5.95. The molecule has 3 amide bonds. The highest BCUT2D eigenvalue weighted by Crippen LogP contribution is 2.40. The summed E-state index contributed by atoms with van der Waals surface area (Å²) >= 11 is 0. The zero-order valence-electron chi connectivity index (χ0n) is 48.5. The number of carboxylic acids is 1. The summed E-state index contributed by atoms with van der Waals surface area (Å²) in [7, 11) is 3.07. The van der Waals surface area contributed by atoms with Crippen LogP contribution in [0.25, 0.3) is 0 Å². The summed E-state index contributed by atoms with van der Waals surface area (Å²) in [4.78, 5) is 98.4. The summed E-state index contributed by atoms with van der Waals surface area (Å²) in [5.41, 5.74) is 0.704. The molecule has 14 atom stereocenters. The molecule has 440 valence electrons. The van der Waals surface area contributed by atoms with Crippen molar-refractivity contribution >= 4 is 41.4 Å². The zero-order valence-corrected chi connectivity index (χ0v) is 48.5. The lowest BCUT2D eigenvalue weighted by atomic mass is 9.81. The van der Waals surface area contributed by atoms with Gasteiger partial charge in [-0.2, -0.15) is 0 Å². The van der Waals surface area contributed by atoms with Crippen LogP contribution >= 0.6 is 0 Å². The summed E-state index contributed by atoms with van der Waals surface area (Å²) in [5.74, 6) is -8.43. The molecule has 3 heterocycles. The topological polar surface area (TPSA) is 243 Å². The molecule has 6 rings (SSSR count). The minimum Gasteiger partial charge on any atom is -0.488 e. The van der Waals surface area contributed by atoms with E-state index in [-0.39, 0.29) is 61.7 Å². The Labute approximate surface area is 472 Å². The third-order valence-corrected chi connectivity index (χ3v) is 16.6. The van der Waals surface area contributed by atoms with Crippen LogP contribution in [0, 0.1) is 29.6 Å². The molecule has 3 aliphatic heterocycles. The lowest BCUT2D eigenvalue weighted by Gasteiger charge is -2.47. The Morgan fingerprint density at radius 2 is 1.55 bits per heavy atom. The molecular weight excluding hydrogens is 1030 g/mol. The van der Waals surface area contributed by atoms with Gasteiger partial charge in [0.05, 0.1) is 18.2 Å². The van der Waals surface area contributed by atoms with Gasteiger partial charge in [-0.15, -0.1) is 0 Å². The number of rotatable bonds is 14. The Kier molecular flexibility index (Phi) is 22.6. The fourth-order valence-corrected chi connectivity index (χ4v) is 12.0. The van der Waals surface area contributed by atoms with Crippen LogP contribution in [0.3, 0.4) is 0 Å². The van der Waals surface area contributed by atoms with Crippen LogP contribution < -0.4 is 15.4 Å². The van der Waals surface area contributed by atoms with Gasteiger partial charge < -0.3 is 54.2 Å². The van der Waals surface area contributed by atoms with Crippen molar-refractivity contribution in [1.82, 2.24) is 15.5 Å². The average Bonchev–Trinajstić information content (AvgIpc) is 3.58. The van der Waals surface area contributed by atoms with E-state index in [0.717, 1.165) is 5.57 Å². The normalized spacial score (nSPS) is 31.9. The highest BCUT2D eigenvalue weighted by Gasteiger charge is 2.57. The maximum absolute atomic E-state index is 14.7. The van der Waals surface area contributed by atoms with Gasteiger partial charge in [-0.05, 0) is 139 Å². The molecule has 3 fully saturated rings. The standard InChI is InChI=1S/C62H87N3O15/c1-11-44-31-37(2)30-38(3)32-51(75-9)54-52(76-10)34-41(6)62(74,79-54)55(67)56(68)65-29-19-18-24-48(65)58(71)78-53(39(4)25-28-49(44)66)40(5)33-43-26-27-46(50(36-43)77-45-22-16-13-17-23-45)63-59(72)61(7,8)80-60(73)64-47(57(69)70)35-42-20-14-12-15-21-42/h12-17,20-23,31,33,38-39,41,43-44,46-48,50-54,74H,11,18-19,24-30,32,34-36H2,1-10H3,(H,63,72)(H,64,73)(H,69,70)/b37-31+,40-33?/t38?,39?,41?,43?,44?,46?,47-,48?,50?,51?,52?,53?,54?,62?/m1/s1. The summed E-state index contributed by atoms with van der Waals surface area (Å²) in [6.45, 7) is 14.4. The number of hydrogen-bond donors (Lipinski definition) is 4. The SMILES string of the molecule is CCC1/C=C(\C)CC(C)CC(OC)C2OC(O)(C(=O)C(=O)N3CCCCC3C(=O)OC(C(C)=CC3CCC(NC(=O)C(C)(C)OC(=O)N[C@H](Cc4ccccc4)C(=O)O)C(Oc4ccccc4)C3)C(C)CCC1=O)C(C)CC2OC. The fourth-order valence-electron chi connectivity index (χ4n) is 12.0. The summed E-state index contributed by atoms with van der Waals surface area (Å²) in [6, 6.07) is 15.0. The first kappa shape index (κ1) is 63.2. The minimum absolute atomic E-state index is 0.00308. The van der Waals surface area contributed by atoms with E-state index in [4.69, 9.17) is 28.4 Å². The number of allylic oxidation sites excluding steroid dienone is 3. The van der Waals surface area contributed by atoms with E-state index < -0.39 is 102 Å². The molecule has 13 unspecified atom stereocenters. The predicted octanol–water partition coefficient (Wildman–Crippen LogP) is 8.26. The lowest BCUT2D eigenvalue weighted by Crippen LogP contribution is -2.64. The zero-order chi connectivity index (χ0) is 58.5. The minimum atomic E-state index is -2.54. The van der Waals surface area contributed by atoms with Crippen molar-refractivity contribution in [2.45, 2.75) is 199 Å². The Morgan fingerprint density at radius 3 is 2.20 bits per heavy atom. The van der Waals surface area contributed by atoms with Crippen molar-refractivity contribution < 1.29 is 72.2 Å². The van der Waals surface area contributed by atoms with Gasteiger partial charge in [-0.1, -0.05) is 94.0 Å². The first-order valence-corrected chi connectivity index (χ1v) is 28.7. The van der Waals surface area contributed by atoms with Gasteiger partial charge in [0.2, 0.25) is 5.79 Å². The second-order valence-electron chi connectivity index (χ2n) is 23.4. The average molecular weight is 1110 g/mol. The third kappa shape index (κ3) is 16.4. The van der Waals surface area contributed by atoms with Gasteiger partial charge in [-0.3, -0.25) is 19.2 Å². The van der Waals surface area contributed by atoms with Crippen molar-refractivity contribution in [2.75, 3.05) is 20.8 Å². The largest absolute Gasteiger partial charge is 0.488 e. The van der Waals surface area contributed by atoms with Crippen LogP contribution in [0.4, 0.5) is 4.79 Å². The molecule has 80 heavy (non-hydrogen) atoms. The van der Waals surface area contributed by atoms with E-state index in [1.165, 1.54) is 33.0 Å². The highest BCUT2D eigenvalue weighted by atomic mass is 16.7. The van der Waals surface area contributed by atoms with Crippen molar-refractivity contribution in [2.24, 2.45) is 29.6 Å². The van der Waals surface area contributed by atoms with Crippen LogP contribution in [0.15, 0.2) is 84.0 Å². The number of amides is 3. The number of alkyl carbamates (subject to hydrolysis) is 1. The van der Waals surface area contributed by atoms with Crippen LogP contribution in [0.2, 0.25) is 0 Å². The molecule has 1 saturated carbocycles. The molecule has 18 nitrogen and oxygen atoms in total. The molecule has 2 bridgehead atoms. The summed E-state index contributed by atoms with van der Waals surface area (Å²) < 4.78 is 36.8. The second kappa shape index (κ2) is 28.6. The number of cyclic esters (lactones) is 1. The monoisotopic (exact) mass is 1110 g/mol. The van der Waals surface area contributed by atoms with Crippen molar-refractivity contribution in [3.05, 3.63) is 89.5 Å². The third-order valence-electron chi connectivity index (χ3n) is 16.6. The van der Waals surface area contributed by atoms with Crippen molar-refractivity contribution in [1.29, 1.82) is 0 Å². The van der Waals surface area contributed by atoms with Gasteiger partial charge >= 0.3 is 18.0 Å². The number of carbonyl (C=O) groups is 7. The van der Waals surface area contributed by atoms with Gasteiger partial charge in [0.1, 0.15) is 41.9 Å². The van der Waals surface area contributed by atoms with E-state index in [9.17, 15) is 43.8 Å². The molecule has 0 radical (unpaired) electrons. The first-order valence-electron chi connectivity index (χ1n) is 28.7. The number of methoxy groups -OCH3 is 2. The maximum atomic E-state index is 14.7. The van der Waals surface area contributed by atoms with Crippen LogP contribution in [-0.2, 0) is 58.9 Å². The number of ether oxygens (including phenoxy) is 6. The van der Waals surface area contributed by atoms with E-state index >= 15 is 0 Å². The van der Waals surface area contributed by atoms with E-state index in [0.29, 0.717) is 74.7 Å². The quantitative estimate of drug-likeness (QED) is 0.0791. The molecule has 1 aliphatic carbocycles. The summed E-state index contributed by atoms with van der Waals surface area (Å²) in [5, 5.41) is 27.5. The number of aliphatic carboxylic acids is 1. The molecule has 4 aliphatic rings. The van der Waals surface area contributed by atoms with Crippen LogP contribution in [0.1, 0.15) is 138 Å². The Morgan fingerprint density at radius 1 is 0.887 bits per heavy atom. The predicted molar refractivity (Wildman–Crippen MR) is 298 cm³/mol. The van der Waals surface area contributed by atoms with Gasteiger partial charge in [0, 0.05) is 45.4 Å². The molecule has 0 aromatic heterocycles. The molecule has 18 heteroatoms. The molecule has 4 N–H and O–H groups in total. The number of carboxylic acid groups (broad SMARTS) is 1. The number of benzene rings is 2. The number of hydrogen-bond acceptors (Lipinski definition) is 14. The van der Waals surface area contributed by atoms with Gasteiger partial charge in [0.25, 0.3) is 17.6 Å². The fraction of sp³-hybridized carbons (Fsp3) is 0.629. The number of carbonyl (C=O) groups excluding carboxylic acids is 6. The van der Waals surface area contributed by atoms with Crippen LogP contribution in [0.5, 0.6) is 5.75 Å². The van der Waals surface area contributed by atoms with Crippen molar-refractivity contribution in [3.63, 3.8) is 0 Å². The van der Waals surface area contributed by atoms with E-state index in [1.807, 2.05) is 70.2 Å². The number of para-hydroxylation sites is 1. The Bertz CT molecular complexity index is 2520. The number of nitrogens with one attached hydrogen (secondary N) is 2. The highest BCUT2D eigenvalue weighted by molar-refractivity contribution is 6.39. The molecule has 2 saturated heterocycles. The second-order valence-corrected chi connectivity index (χ2v) is 23.4. The summed E-state index contributed by atoms with van der Waals surface area (Å²) in [6.07, 6.45) is 4.66. The number of esters is 1. The number of Topliss-reactive ketones (excluding diaryl/α,β-unsaturated/α-hetero) is 2. The maximum Gasteiger partial charge on any atom is 0.408 e. The number of fused-ring (bicyclic) bond motifs is 3. The molecule has 0 spiro atoms. The van der Waals surface area contributed by atoms with Crippen LogP contribution in [-0.4, -0.2) is 137 Å². The van der Waals surface area contributed by atoms with E-state index in [1.54, 1.807) is 37.3 Å². The molecular formula is C62H87N3O15. The number of nitrogens with zero attached hydrogens (tertiary/aromatic N) is 1. The van der Waals surface area contributed by atoms with Gasteiger partial charge in [-0.25, -0.2) is 14.4 Å². The number of aliphatic hydroxyl groups is 1. The first-order chi connectivity index (χ1) is 38.0. The number of ketones is 2. The van der Waals surface area contributed by atoms with Crippen molar-refractivity contribution in [3.8, 4) is 5.75 Å². The molecule has 2 aromatic rings. The molecule has 2 aromatic carbocycles. The lowest BCUT2D eigenvalue weighted by molar-refractivity contribution is -0.302.